The van der Waals surface area contributed by atoms with Gasteiger partial charge in [-0.25, -0.2) is 4.98 Å². The molecule has 3 aromatic carbocycles. The summed E-state index contributed by atoms with van der Waals surface area (Å²) in [6.45, 7) is 0. The molecular formula is C20H12ClN3O4. The number of benzene rings is 3. The molecule has 7 nitrogen and oxygen atoms in total. The molecule has 28 heavy (non-hydrogen) atoms. The number of nitro benzene ring substituents is 1. The molecule has 1 N–H and O–H groups in total. The van der Waals surface area contributed by atoms with Crippen molar-refractivity contribution in [2.24, 2.45) is 4.99 Å². The van der Waals surface area contributed by atoms with Crippen LogP contribution in [0.15, 0.2) is 70.1 Å². The highest BCUT2D eigenvalue weighted by molar-refractivity contribution is 6.31. The predicted molar refractivity (Wildman–Crippen MR) is 106 cm³/mol. The first kappa shape index (κ1) is 17.7. The van der Waals surface area contributed by atoms with Crippen LogP contribution in [-0.2, 0) is 0 Å². The Balaban J connectivity index is 1.60. The number of fused-ring (bicyclic) bond motifs is 1. The Morgan fingerprint density at radius 2 is 1.89 bits per heavy atom. The van der Waals surface area contributed by atoms with E-state index in [1.54, 1.807) is 24.3 Å². The van der Waals surface area contributed by atoms with E-state index in [-0.39, 0.29) is 10.6 Å². The molecule has 4 rings (SSSR count). The van der Waals surface area contributed by atoms with Gasteiger partial charge in [0, 0.05) is 28.4 Å². The van der Waals surface area contributed by atoms with Crippen molar-refractivity contribution in [3.63, 3.8) is 0 Å². The van der Waals surface area contributed by atoms with E-state index >= 15 is 0 Å². The number of hydrogen-bond acceptors (Lipinski definition) is 6. The molecule has 8 heteroatoms. The van der Waals surface area contributed by atoms with Crippen molar-refractivity contribution in [3.8, 4) is 17.2 Å². The molecule has 0 aliphatic rings. The van der Waals surface area contributed by atoms with Crippen LogP contribution in [0.25, 0.3) is 22.6 Å². The molecule has 0 spiro atoms. The molecule has 0 atom stereocenters. The summed E-state index contributed by atoms with van der Waals surface area (Å²) in [4.78, 5) is 18.9. The van der Waals surface area contributed by atoms with Crippen molar-refractivity contribution in [3.05, 3.63) is 81.4 Å². The molecule has 0 amide bonds. The molecule has 0 saturated carbocycles. The number of phenolic OH excluding ortho intramolecular Hbond substituents is 1. The van der Waals surface area contributed by atoms with Gasteiger partial charge in [0.05, 0.1) is 10.6 Å². The van der Waals surface area contributed by atoms with Gasteiger partial charge in [-0.1, -0.05) is 23.7 Å². The van der Waals surface area contributed by atoms with Crippen LogP contribution >= 0.6 is 11.6 Å². The van der Waals surface area contributed by atoms with E-state index in [4.69, 9.17) is 16.0 Å². The van der Waals surface area contributed by atoms with E-state index in [0.29, 0.717) is 17.2 Å². The van der Waals surface area contributed by atoms with Crippen molar-refractivity contribution in [1.82, 2.24) is 4.98 Å². The normalized spacial score (nSPS) is 11.3. The Bertz CT molecular complexity index is 1180. The van der Waals surface area contributed by atoms with Gasteiger partial charge in [0.25, 0.3) is 0 Å². The smallest absolute Gasteiger partial charge is 0.312 e. The van der Waals surface area contributed by atoms with E-state index < -0.39 is 16.4 Å². The number of hydrogen-bond donors (Lipinski definition) is 1. The number of rotatable bonds is 4. The van der Waals surface area contributed by atoms with Gasteiger partial charge in [-0.3, -0.25) is 15.1 Å². The Morgan fingerprint density at radius 3 is 2.61 bits per heavy atom. The lowest BCUT2D eigenvalue weighted by atomic mass is 10.2. The molecule has 4 aromatic rings. The SMILES string of the molecule is O=[N+]([O-])c1cc(Cl)cc(C=Nc2ccc(-c3nc4ccccc4o3)cc2)c1O. The number of oxazole rings is 1. The van der Waals surface area contributed by atoms with E-state index in [9.17, 15) is 15.2 Å². The number of phenols is 1. The highest BCUT2D eigenvalue weighted by atomic mass is 35.5. The molecule has 0 unspecified atom stereocenters. The molecule has 1 heterocycles. The number of nitro groups is 1. The van der Waals surface area contributed by atoms with Gasteiger partial charge in [-0.05, 0) is 42.5 Å². The van der Waals surface area contributed by atoms with Gasteiger partial charge in [0.1, 0.15) is 5.52 Å². The standard InChI is InChI=1S/C20H12ClN3O4/c21-14-9-13(19(25)17(10-14)24(26)27)11-22-15-7-5-12(6-8-15)20-23-16-3-1-2-4-18(16)28-20/h1-11,25H. The van der Waals surface area contributed by atoms with Gasteiger partial charge in [0.2, 0.25) is 11.6 Å². The highest BCUT2D eigenvalue weighted by Crippen LogP contribution is 2.33. The largest absolute Gasteiger partial charge is 0.502 e. The number of aromatic hydroxyl groups is 1. The maximum Gasteiger partial charge on any atom is 0.312 e. The van der Waals surface area contributed by atoms with Crippen LogP contribution < -0.4 is 0 Å². The third-order valence-electron chi connectivity index (χ3n) is 4.04. The zero-order chi connectivity index (χ0) is 19.7. The van der Waals surface area contributed by atoms with Crippen molar-refractivity contribution < 1.29 is 14.4 Å². The second-order valence-corrected chi connectivity index (χ2v) is 6.35. The molecular weight excluding hydrogens is 382 g/mol. The Kier molecular flexibility index (Phi) is 4.50. The summed E-state index contributed by atoms with van der Waals surface area (Å²) in [7, 11) is 0. The van der Waals surface area contributed by atoms with Crippen molar-refractivity contribution in [2.45, 2.75) is 0 Å². The first-order valence-electron chi connectivity index (χ1n) is 8.18. The van der Waals surface area contributed by atoms with Crippen LogP contribution in [0.4, 0.5) is 11.4 Å². The van der Waals surface area contributed by atoms with Crippen LogP contribution in [-0.4, -0.2) is 21.2 Å². The second kappa shape index (κ2) is 7.13. The lowest BCUT2D eigenvalue weighted by molar-refractivity contribution is -0.385. The second-order valence-electron chi connectivity index (χ2n) is 5.91. The average Bonchev–Trinajstić information content (AvgIpc) is 3.13. The fourth-order valence-electron chi connectivity index (χ4n) is 2.67. The number of para-hydroxylation sites is 2. The molecule has 138 valence electrons. The summed E-state index contributed by atoms with van der Waals surface area (Å²) < 4.78 is 5.73. The zero-order valence-corrected chi connectivity index (χ0v) is 15.0. The summed E-state index contributed by atoms with van der Waals surface area (Å²) >= 11 is 5.88. The highest BCUT2D eigenvalue weighted by Gasteiger charge is 2.17. The molecule has 0 aliphatic carbocycles. The fraction of sp³-hybridized carbons (Fsp3) is 0. The molecule has 0 bridgehead atoms. The molecule has 1 aromatic heterocycles. The Labute approximate surface area is 163 Å². The Morgan fingerprint density at radius 1 is 1.14 bits per heavy atom. The summed E-state index contributed by atoms with van der Waals surface area (Å²) in [5.41, 5.74) is 2.54. The van der Waals surface area contributed by atoms with E-state index in [0.717, 1.165) is 17.1 Å². The number of nitrogens with zero attached hydrogens (tertiary/aromatic N) is 3. The van der Waals surface area contributed by atoms with Gasteiger partial charge < -0.3 is 9.52 Å². The first-order valence-corrected chi connectivity index (χ1v) is 8.56. The minimum absolute atomic E-state index is 0.136. The van der Waals surface area contributed by atoms with Crippen LogP contribution in [0.2, 0.25) is 5.02 Å². The number of halogens is 1. The van der Waals surface area contributed by atoms with Gasteiger partial charge >= 0.3 is 5.69 Å². The number of aliphatic imine (C=N–C) groups is 1. The monoisotopic (exact) mass is 393 g/mol. The maximum absolute atomic E-state index is 11.0. The van der Waals surface area contributed by atoms with Crippen LogP contribution in [0.1, 0.15) is 5.56 Å². The van der Waals surface area contributed by atoms with Crippen LogP contribution in [0, 0.1) is 10.1 Å². The lowest BCUT2D eigenvalue weighted by Crippen LogP contribution is -1.92. The zero-order valence-electron chi connectivity index (χ0n) is 14.2. The van der Waals surface area contributed by atoms with Crippen molar-refractivity contribution >= 4 is 40.3 Å². The average molecular weight is 394 g/mol. The fourth-order valence-corrected chi connectivity index (χ4v) is 2.89. The summed E-state index contributed by atoms with van der Waals surface area (Å²) in [5, 5.41) is 21.1. The minimum Gasteiger partial charge on any atom is -0.502 e. The summed E-state index contributed by atoms with van der Waals surface area (Å²) in [5.74, 6) is 0.0149. The minimum atomic E-state index is -0.701. The van der Waals surface area contributed by atoms with Crippen molar-refractivity contribution in [2.75, 3.05) is 0 Å². The topological polar surface area (TPSA) is 102 Å². The first-order chi connectivity index (χ1) is 13.5. The van der Waals surface area contributed by atoms with Crippen molar-refractivity contribution in [1.29, 1.82) is 0 Å². The predicted octanol–water partition coefficient (Wildman–Crippen LogP) is 5.51. The molecule has 0 fully saturated rings. The van der Waals surface area contributed by atoms with E-state index in [2.05, 4.69) is 9.98 Å². The van der Waals surface area contributed by atoms with E-state index in [1.165, 1.54) is 12.3 Å². The quantitative estimate of drug-likeness (QED) is 0.279. The van der Waals surface area contributed by atoms with Crippen LogP contribution in [0.3, 0.4) is 0 Å². The third-order valence-corrected chi connectivity index (χ3v) is 4.26. The number of aromatic nitrogens is 1. The maximum atomic E-state index is 11.0. The Hall–Kier alpha value is -3.71. The lowest BCUT2D eigenvalue weighted by Gasteiger charge is -2.02. The van der Waals surface area contributed by atoms with E-state index in [1.807, 2.05) is 24.3 Å². The third kappa shape index (κ3) is 3.43. The summed E-state index contributed by atoms with van der Waals surface area (Å²) in [6, 6.07) is 17.1. The van der Waals surface area contributed by atoms with Gasteiger partial charge in [-0.15, -0.1) is 0 Å². The molecule has 0 saturated heterocycles. The van der Waals surface area contributed by atoms with Crippen LogP contribution in [0.5, 0.6) is 5.75 Å². The van der Waals surface area contributed by atoms with Gasteiger partial charge in [-0.2, -0.15) is 0 Å². The molecule has 0 aliphatic heterocycles. The van der Waals surface area contributed by atoms with Gasteiger partial charge in [0.15, 0.2) is 5.58 Å². The molecule has 0 radical (unpaired) electrons. The summed E-state index contributed by atoms with van der Waals surface area (Å²) in [6.07, 6.45) is 1.32.